The second kappa shape index (κ2) is 6.78. The van der Waals surface area contributed by atoms with E-state index in [0.29, 0.717) is 11.4 Å². The minimum Gasteiger partial charge on any atom is -0.495 e. The Bertz CT molecular complexity index is 810. The van der Waals surface area contributed by atoms with E-state index < -0.39 is 17.4 Å². The third kappa shape index (κ3) is 3.76. The van der Waals surface area contributed by atoms with Gasteiger partial charge >= 0.3 is 5.97 Å². The highest BCUT2D eigenvalue weighted by Crippen LogP contribution is 2.25. The Morgan fingerprint density at radius 1 is 1.30 bits per heavy atom. The van der Waals surface area contributed by atoms with Crippen molar-refractivity contribution in [2.45, 2.75) is 13.5 Å². The summed E-state index contributed by atoms with van der Waals surface area (Å²) < 4.78 is 6.21. The molecule has 7 nitrogen and oxygen atoms in total. The van der Waals surface area contributed by atoms with Gasteiger partial charge in [0, 0.05) is 6.20 Å². The fourth-order valence-corrected chi connectivity index (χ4v) is 2.09. The quantitative estimate of drug-likeness (QED) is 0.871. The molecule has 2 aromatic rings. The fourth-order valence-electron chi connectivity index (χ4n) is 2.09. The van der Waals surface area contributed by atoms with Gasteiger partial charge in [-0.1, -0.05) is 6.07 Å². The molecule has 0 bridgehead atoms. The third-order valence-corrected chi connectivity index (χ3v) is 3.19. The maximum Gasteiger partial charge on any atom is 0.341 e. The van der Waals surface area contributed by atoms with E-state index in [4.69, 9.17) is 9.84 Å². The monoisotopic (exact) mass is 316 g/mol. The number of carboxylic acid groups (broad SMARTS) is 1. The van der Waals surface area contributed by atoms with E-state index in [1.54, 1.807) is 12.1 Å². The number of anilines is 1. The Kier molecular flexibility index (Phi) is 4.80. The molecule has 0 fully saturated rings. The molecule has 7 heteroatoms. The van der Waals surface area contributed by atoms with E-state index in [9.17, 15) is 14.4 Å². The van der Waals surface area contributed by atoms with Crippen molar-refractivity contribution in [3.8, 4) is 5.75 Å². The van der Waals surface area contributed by atoms with Gasteiger partial charge in [0.05, 0.1) is 12.8 Å². The Morgan fingerprint density at radius 2 is 2.04 bits per heavy atom. The molecular formula is C16H16N2O5. The van der Waals surface area contributed by atoms with Gasteiger partial charge in [-0.05, 0) is 36.8 Å². The maximum atomic E-state index is 12.1. The molecule has 0 radical (unpaired) electrons. The zero-order chi connectivity index (χ0) is 17.0. The Labute approximate surface area is 132 Å². The highest BCUT2D eigenvalue weighted by atomic mass is 16.5. The van der Waals surface area contributed by atoms with Gasteiger partial charge in [-0.25, -0.2) is 4.79 Å². The van der Waals surface area contributed by atoms with E-state index in [-0.39, 0.29) is 12.1 Å². The van der Waals surface area contributed by atoms with Crippen molar-refractivity contribution >= 4 is 17.6 Å². The first-order valence-electron chi connectivity index (χ1n) is 6.79. The number of carboxylic acids is 1. The number of aromatic carboxylic acids is 1. The summed E-state index contributed by atoms with van der Waals surface area (Å²) in [7, 11) is 1.49. The number of amides is 1. The number of hydrogen-bond acceptors (Lipinski definition) is 4. The van der Waals surface area contributed by atoms with Crippen LogP contribution >= 0.6 is 0 Å². The van der Waals surface area contributed by atoms with Crippen molar-refractivity contribution in [1.82, 2.24) is 4.57 Å². The van der Waals surface area contributed by atoms with Crippen LogP contribution < -0.4 is 15.6 Å². The molecule has 0 spiro atoms. The van der Waals surface area contributed by atoms with Crippen molar-refractivity contribution in [1.29, 1.82) is 0 Å². The van der Waals surface area contributed by atoms with Gasteiger partial charge in [0.15, 0.2) is 0 Å². The molecule has 23 heavy (non-hydrogen) atoms. The average molecular weight is 316 g/mol. The van der Waals surface area contributed by atoms with Crippen LogP contribution in [0.25, 0.3) is 0 Å². The first-order chi connectivity index (χ1) is 10.9. The Balaban J connectivity index is 2.21. The van der Waals surface area contributed by atoms with Gasteiger partial charge in [0.25, 0.3) is 5.56 Å². The minimum atomic E-state index is -1.33. The molecule has 0 saturated heterocycles. The maximum absolute atomic E-state index is 12.1. The van der Waals surface area contributed by atoms with E-state index in [0.717, 1.165) is 10.1 Å². The number of aromatic nitrogens is 1. The first kappa shape index (κ1) is 16.3. The summed E-state index contributed by atoms with van der Waals surface area (Å²) >= 11 is 0. The minimum absolute atomic E-state index is 0.295. The smallest absolute Gasteiger partial charge is 0.341 e. The standard InChI is InChI=1S/C16H16N2O5/c1-10-5-6-13(23-2)12(8-10)17-14(19)9-18-7-3-4-11(15(18)20)16(21)22/h3-8H,9H2,1-2H3,(H,17,19)(H,21,22). The molecule has 1 aromatic heterocycles. The summed E-state index contributed by atoms with van der Waals surface area (Å²) in [4.78, 5) is 35.0. The van der Waals surface area contributed by atoms with Crippen molar-refractivity contribution < 1.29 is 19.4 Å². The molecule has 0 aliphatic carbocycles. The van der Waals surface area contributed by atoms with Gasteiger partial charge in [0.1, 0.15) is 17.9 Å². The number of hydrogen-bond donors (Lipinski definition) is 2. The second-order valence-corrected chi connectivity index (χ2v) is 4.91. The second-order valence-electron chi connectivity index (χ2n) is 4.91. The van der Waals surface area contributed by atoms with Crippen molar-refractivity contribution in [3.63, 3.8) is 0 Å². The summed E-state index contributed by atoms with van der Waals surface area (Å²) in [6, 6.07) is 7.92. The molecule has 2 rings (SSSR count). The highest BCUT2D eigenvalue weighted by Gasteiger charge is 2.13. The normalized spacial score (nSPS) is 10.2. The molecule has 1 heterocycles. The predicted octanol–water partition coefficient (Wildman–Crippen LogP) is 1.50. The van der Waals surface area contributed by atoms with Crippen LogP contribution in [-0.2, 0) is 11.3 Å². The molecule has 2 N–H and O–H groups in total. The zero-order valence-corrected chi connectivity index (χ0v) is 12.7. The Morgan fingerprint density at radius 3 is 2.70 bits per heavy atom. The number of pyridine rings is 1. The molecule has 0 aliphatic heterocycles. The number of methoxy groups -OCH3 is 1. The number of aryl methyl sites for hydroxylation is 1. The van der Waals surface area contributed by atoms with Crippen LogP contribution in [0, 0.1) is 6.92 Å². The fraction of sp³-hybridized carbons (Fsp3) is 0.188. The van der Waals surface area contributed by atoms with E-state index >= 15 is 0 Å². The first-order valence-corrected chi connectivity index (χ1v) is 6.79. The number of rotatable bonds is 5. The van der Waals surface area contributed by atoms with Crippen molar-refractivity contribution in [3.05, 3.63) is 58.0 Å². The number of carbonyl (C=O) groups excluding carboxylic acids is 1. The average Bonchev–Trinajstić information content (AvgIpc) is 2.49. The molecule has 0 saturated carbocycles. The summed E-state index contributed by atoms with van der Waals surface area (Å²) in [6.07, 6.45) is 1.36. The number of ether oxygens (including phenoxy) is 1. The van der Waals surface area contributed by atoms with Crippen LogP contribution in [0.1, 0.15) is 15.9 Å². The summed E-state index contributed by atoms with van der Waals surface area (Å²) in [5.74, 6) is -1.29. The van der Waals surface area contributed by atoms with Crippen molar-refractivity contribution in [2.75, 3.05) is 12.4 Å². The number of carbonyl (C=O) groups is 2. The van der Waals surface area contributed by atoms with Crippen LogP contribution in [0.3, 0.4) is 0 Å². The van der Waals surface area contributed by atoms with Crippen LogP contribution in [0.4, 0.5) is 5.69 Å². The lowest BCUT2D eigenvalue weighted by Gasteiger charge is -2.12. The van der Waals surface area contributed by atoms with E-state index in [1.165, 1.54) is 25.4 Å². The van der Waals surface area contributed by atoms with Gasteiger partial charge in [-0.2, -0.15) is 0 Å². The topological polar surface area (TPSA) is 97.6 Å². The summed E-state index contributed by atoms with van der Waals surface area (Å²) in [5, 5.41) is 11.6. The van der Waals surface area contributed by atoms with E-state index in [1.807, 2.05) is 13.0 Å². The summed E-state index contributed by atoms with van der Waals surface area (Å²) in [5.41, 5.74) is 0.311. The third-order valence-electron chi connectivity index (χ3n) is 3.19. The number of nitrogens with zero attached hydrogens (tertiary/aromatic N) is 1. The molecular weight excluding hydrogens is 300 g/mol. The van der Waals surface area contributed by atoms with Crippen molar-refractivity contribution in [2.24, 2.45) is 0 Å². The molecule has 0 aliphatic rings. The molecule has 0 atom stereocenters. The lowest BCUT2D eigenvalue weighted by atomic mass is 10.2. The van der Waals surface area contributed by atoms with Gasteiger partial charge in [0.2, 0.25) is 5.91 Å². The number of benzene rings is 1. The SMILES string of the molecule is COc1ccc(C)cc1NC(=O)Cn1cccc(C(=O)O)c1=O. The largest absolute Gasteiger partial charge is 0.495 e. The highest BCUT2D eigenvalue weighted by molar-refractivity contribution is 5.92. The van der Waals surface area contributed by atoms with Crippen LogP contribution in [0.15, 0.2) is 41.3 Å². The zero-order valence-electron chi connectivity index (χ0n) is 12.7. The summed E-state index contributed by atoms with van der Waals surface area (Å²) in [6.45, 7) is 1.58. The number of nitrogens with one attached hydrogen (secondary N) is 1. The molecule has 1 aromatic carbocycles. The van der Waals surface area contributed by atoms with Crippen LogP contribution in [0.5, 0.6) is 5.75 Å². The lowest BCUT2D eigenvalue weighted by molar-refractivity contribution is -0.116. The van der Waals surface area contributed by atoms with Gasteiger partial charge in [-0.3, -0.25) is 9.59 Å². The molecule has 0 unspecified atom stereocenters. The lowest BCUT2D eigenvalue weighted by Crippen LogP contribution is -2.30. The predicted molar refractivity (Wildman–Crippen MR) is 84.0 cm³/mol. The van der Waals surface area contributed by atoms with Gasteiger partial charge < -0.3 is 19.7 Å². The molecule has 120 valence electrons. The van der Waals surface area contributed by atoms with Crippen LogP contribution in [-0.4, -0.2) is 28.7 Å². The van der Waals surface area contributed by atoms with E-state index in [2.05, 4.69) is 5.32 Å². The molecule has 1 amide bonds. The van der Waals surface area contributed by atoms with Gasteiger partial charge in [-0.15, -0.1) is 0 Å². The van der Waals surface area contributed by atoms with Crippen LogP contribution in [0.2, 0.25) is 0 Å². The Hall–Kier alpha value is -3.09.